The van der Waals surface area contributed by atoms with Gasteiger partial charge in [-0.15, -0.1) is 0 Å². The summed E-state index contributed by atoms with van der Waals surface area (Å²) >= 11 is 9.13. The molecule has 1 fully saturated rings. The topological polar surface area (TPSA) is 51.2 Å². The van der Waals surface area contributed by atoms with E-state index in [0.29, 0.717) is 17.3 Å². The van der Waals surface area contributed by atoms with Crippen LogP contribution in [-0.4, -0.2) is 28.4 Å². The molecule has 6 heteroatoms. The third-order valence-corrected chi connectivity index (χ3v) is 4.35. The molecule has 0 unspecified atom stereocenters. The van der Waals surface area contributed by atoms with Gasteiger partial charge in [-0.2, -0.15) is 0 Å². The first kappa shape index (κ1) is 16.6. The Morgan fingerprint density at radius 2 is 2.14 bits per heavy atom. The number of nitrogens with zero attached hydrogens (tertiary/aromatic N) is 1. The zero-order valence-electron chi connectivity index (χ0n) is 11.9. The number of carbonyl (C=O) groups is 1. The fraction of sp³-hybridized carbons (Fsp3) is 0.600. The molecule has 2 rings (SSSR count). The summed E-state index contributed by atoms with van der Waals surface area (Å²) in [6.07, 6.45) is 7.03. The minimum Gasteiger partial charge on any atom is -0.474 e. The molecule has 1 amide bonds. The van der Waals surface area contributed by atoms with E-state index in [1.807, 2.05) is 0 Å². The summed E-state index contributed by atoms with van der Waals surface area (Å²) in [5.41, 5.74) is 0. The second kappa shape index (κ2) is 8.59. The van der Waals surface area contributed by atoms with Crippen LogP contribution in [-0.2, 0) is 4.79 Å². The first-order valence-corrected chi connectivity index (χ1v) is 8.81. The van der Waals surface area contributed by atoms with Crippen LogP contribution in [0.3, 0.4) is 0 Å². The number of halogens is 2. The molecule has 0 aliphatic heterocycles. The highest BCUT2D eigenvalue weighted by atomic mass is 79.9. The van der Waals surface area contributed by atoms with Gasteiger partial charge < -0.3 is 10.1 Å². The lowest BCUT2D eigenvalue weighted by Crippen LogP contribution is -2.39. The molecule has 1 heterocycles. The van der Waals surface area contributed by atoms with Gasteiger partial charge in [-0.1, -0.05) is 27.5 Å². The van der Waals surface area contributed by atoms with E-state index in [9.17, 15) is 4.79 Å². The lowest BCUT2D eigenvalue weighted by atomic mass is 9.93. The summed E-state index contributed by atoms with van der Waals surface area (Å²) in [4.78, 5) is 15.8. The van der Waals surface area contributed by atoms with Crippen LogP contribution in [0.2, 0.25) is 5.02 Å². The zero-order valence-corrected chi connectivity index (χ0v) is 14.2. The summed E-state index contributed by atoms with van der Waals surface area (Å²) in [7, 11) is 0. The molecule has 1 saturated carbocycles. The lowest BCUT2D eigenvalue weighted by molar-refractivity contribution is -0.122. The Balaban J connectivity index is 1.70. The number of hydrogen-bond donors (Lipinski definition) is 1. The number of rotatable bonds is 6. The molecular weight excluding hydrogens is 356 g/mol. The van der Waals surface area contributed by atoms with Crippen molar-refractivity contribution < 1.29 is 9.53 Å². The molecule has 4 nitrogen and oxygen atoms in total. The van der Waals surface area contributed by atoms with Crippen molar-refractivity contribution in [3.8, 4) is 5.88 Å². The maximum absolute atomic E-state index is 11.7. The Labute approximate surface area is 138 Å². The Morgan fingerprint density at radius 1 is 1.38 bits per heavy atom. The first-order valence-electron chi connectivity index (χ1n) is 7.31. The SMILES string of the molecule is O=C(CCCBr)NC1CCC(Oc2ccc(Cl)cn2)CC1. The number of aromatic nitrogens is 1. The molecule has 0 radical (unpaired) electrons. The Bertz CT molecular complexity index is 447. The molecule has 1 N–H and O–H groups in total. The van der Waals surface area contributed by atoms with Crippen molar-refractivity contribution in [2.24, 2.45) is 0 Å². The smallest absolute Gasteiger partial charge is 0.220 e. The Hall–Kier alpha value is -0.810. The van der Waals surface area contributed by atoms with E-state index in [-0.39, 0.29) is 18.1 Å². The van der Waals surface area contributed by atoms with Crippen molar-refractivity contribution in [1.82, 2.24) is 10.3 Å². The molecule has 21 heavy (non-hydrogen) atoms. The molecule has 1 aliphatic rings. The second-order valence-corrected chi connectivity index (χ2v) is 6.50. The third-order valence-electron chi connectivity index (χ3n) is 3.56. The average Bonchev–Trinajstić information content (AvgIpc) is 2.49. The Morgan fingerprint density at radius 3 is 2.76 bits per heavy atom. The van der Waals surface area contributed by atoms with Gasteiger partial charge in [0.1, 0.15) is 6.10 Å². The number of alkyl halides is 1. The second-order valence-electron chi connectivity index (χ2n) is 5.27. The number of nitrogens with one attached hydrogen (secondary N) is 1. The van der Waals surface area contributed by atoms with Crippen LogP contribution in [0.4, 0.5) is 0 Å². The predicted molar refractivity (Wildman–Crippen MR) is 87.1 cm³/mol. The summed E-state index contributed by atoms with van der Waals surface area (Å²) in [6, 6.07) is 3.85. The van der Waals surface area contributed by atoms with E-state index in [1.54, 1.807) is 18.3 Å². The van der Waals surface area contributed by atoms with E-state index in [1.165, 1.54) is 0 Å². The largest absolute Gasteiger partial charge is 0.474 e. The molecule has 0 bridgehead atoms. The van der Waals surface area contributed by atoms with Crippen LogP contribution in [0.1, 0.15) is 38.5 Å². The van der Waals surface area contributed by atoms with Gasteiger partial charge in [0.15, 0.2) is 0 Å². The standard InChI is InChI=1S/C15H20BrClN2O2/c16-9-1-2-14(20)19-12-4-6-13(7-5-12)21-15-8-3-11(17)10-18-15/h3,8,10,12-13H,1-2,4-7,9H2,(H,19,20). The predicted octanol–water partition coefficient (Wildman–Crippen LogP) is 3.72. The molecule has 116 valence electrons. The van der Waals surface area contributed by atoms with E-state index < -0.39 is 0 Å². The van der Waals surface area contributed by atoms with Crippen molar-refractivity contribution in [2.75, 3.05) is 5.33 Å². The molecule has 1 aromatic heterocycles. The van der Waals surface area contributed by atoms with E-state index in [4.69, 9.17) is 16.3 Å². The highest BCUT2D eigenvalue weighted by Crippen LogP contribution is 2.23. The lowest BCUT2D eigenvalue weighted by Gasteiger charge is -2.29. The van der Waals surface area contributed by atoms with Gasteiger partial charge in [-0.25, -0.2) is 4.98 Å². The van der Waals surface area contributed by atoms with Gasteiger partial charge in [-0.05, 0) is 38.2 Å². The highest BCUT2D eigenvalue weighted by Gasteiger charge is 2.23. The van der Waals surface area contributed by atoms with Crippen LogP contribution in [0.25, 0.3) is 0 Å². The summed E-state index contributed by atoms with van der Waals surface area (Å²) < 4.78 is 5.84. The van der Waals surface area contributed by atoms with Crippen LogP contribution < -0.4 is 10.1 Å². The van der Waals surface area contributed by atoms with Gasteiger partial charge >= 0.3 is 0 Å². The highest BCUT2D eigenvalue weighted by molar-refractivity contribution is 9.09. The number of pyridine rings is 1. The Kier molecular flexibility index (Phi) is 6.77. The quantitative estimate of drug-likeness (QED) is 0.771. The van der Waals surface area contributed by atoms with Gasteiger partial charge in [0.05, 0.1) is 5.02 Å². The molecule has 1 aromatic rings. The normalized spacial score (nSPS) is 21.8. The van der Waals surface area contributed by atoms with Crippen LogP contribution >= 0.6 is 27.5 Å². The van der Waals surface area contributed by atoms with Crippen LogP contribution in [0.5, 0.6) is 5.88 Å². The molecule has 0 atom stereocenters. The molecule has 1 aliphatic carbocycles. The third kappa shape index (κ3) is 5.83. The minimum atomic E-state index is 0.151. The van der Waals surface area contributed by atoms with Gasteiger partial charge in [0.2, 0.25) is 11.8 Å². The number of amides is 1. The van der Waals surface area contributed by atoms with Gasteiger partial charge in [0.25, 0.3) is 0 Å². The fourth-order valence-corrected chi connectivity index (χ4v) is 2.85. The maximum Gasteiger partial charge on any atom is 0.220 e. The van der Waals surface area contributed by atoms with E-state index in [2.05, 4.69) is 26.2 Å². The number of ether oxygens (including phenoxy) is 1. The van der Waals surface area contributed by atoms with Gasteiger partial charge in [0, 0.05) is 30.1 Å². The first-order chi connectivity index (χ1) is 10.2. The number of hydrogen-bond acceptors (Lipinski definition) is 3. The van der Waals surface area contributed by atoms with Crippen molar-refractivity contribution in [2.45, 2.75) is 50.7 Å². The van der Waals surface area contributed by atoms with Crippen LogP contribution in [0, 0.1) is 0 Å². The van der Waals surface area contributed by atoms with E-state index in [0.717, 1.165) is 37.4 Å². The molecular formula is C15H20BrClN2O2. The number of carbonyl (C=O) groups excluding carboxylic acids is 1. The fourth-order valence-electron chi connectivity index (χ4n) is 2.45. The van der Waals surface area contributed by atoms with E-state index >= 15 is 0 Å². The summed E-state index contributed by atoms with van der Waals surface area (Å²) in [5, 5.41) is 4.58. The zero-order chi connectivity index (χ0) is 15.1. The van der Waals surface area contributed by atoms with Crippen LogP contribution in [0.15, 0.2) is 18.3 Å². The summed E-state index contributed by atoms with van der Waals surface area (Å²) in [5.74, 6) is 0.766. The molecule has 0 spiro atoms. The molecule has 0 saturated heterocycles. The minimum absolute atomic E-state index is 0.151. The summed E-state index contributed by atoms with van der Waals surface area (Å²) in [6.45, 7) is 0. The molecule has 0 aromatic carbocycles. The maximum atomic E-state index is 11.7. The van der Waals surface area contributed by atoms with Crippen molar-refractivity contribution in [1.29, 1.82) is 0 Å². The average molecular weight is 376 g/mol. The monoisotopic (exact) mass is 374 g/mol. The van der Waals surface area contributed by atoms with Gasteiger partial charge in [-0.3, -0.25) is 4.79 Å². The van der Waals surface area contributed by atoms with Crippen molar-refractivity contribution in [3.63, 3.8) is 0 Å². The van der Waals surface area contributed by atoms with Crippen molar-refractivity contribution >= 4 is 33.4 Å². The van der Waals surface area contributed by atoms with Crippen molar-refractivity contribution in [3.05, 3.63) is 23.4 Å².